The summed E-state index contributed by atoms with van der Waals surface area (Å²) < 4.78 is 51.3. The molecule has 6 heteroatoms. The second-order valence-corrected chi connectivity index (χ2v) is 9.64. The molecule has 144 valence electrons. The van der Waals surface area contributed by atoms with Crippen molar-refractivity contribution in [2.24, 2.45) is 5.73 Å². The van der Waals surface area contributed by atoms with Gasteiger partial charge in [0.05, 0.1) is 4.90 Å². The van der Waals surface area contributed by atoms with Crippen LogP contribution in [0.15, 0.2) is 35.2 Å². The lowest BCUT2D eigenvalue weighted by molar-refractivity contribution is 0.532. The minimum atomic E-state index is -3.94. The van der Waals surface area contributed by atoms with Gasteiger partial charge in [0.2, 0.25) is 9.84 Å². The molecule has 0 radical (unpaired) electrons. The van der Waals surface area contributed by atoms with Crippen LogP contribution in [-0.2, 0) is 16.3 Å². The van der Waals surface area contributed by atoms with Crippen molar-refractivity contribution in [3.8, 4) is 0 Å². The predicted octanol–water partition coefficient (Wildman–Crippen LogP) is 4.09. The molecule has 0 aromatic heterocycles. The van der Waals surface area contributed by atoms with Gasteiger partial charge < -0.3 is 5.73 Å². The lowest BCUT2D eigenvalue weighted by atomic mass is 9.94. The number of hydrogen-bond donors (Lipinski definition) is 1. The lowest BCUT2D eigenvalue weighted by Gasteiger charge is -2.16. The third-order valence-electron chi connectivity index (χ3n) is 5.95. The smallest absolute Gasteiger partial charge is 0.207 e. The van der Waals surface area contributed by atoms with Crippen LogP contribution in [0, 0.1) is 12.7 Å². The topological polar surface area (TPSA) is 60.2 Å². The highest BCUT2D eigenvalue weighted by atomic mass is 32.2. The van der Waals surface area contributed by atoms with Crippen molar-refractivity contribution < 1.29 is 17.2 Å². The molecular formula is C21H23F2NO2S. The highest BCUT2D eigenvalue weighted by molar-refractivity contribution is 7.91. The SMILES string of the molecule is Cc1cc(F)cc(C2CC2c2ccc(S(=O)(=O)CF)c3c2CCC3CN)c1. The molecule has 3 unspecified atom stereocenters. The largest absolute Gasteiger partial charge is 0.330 e. The van der Waals surface area contributed by atoms with E-state index in [1.165, 1.54) is 6.07 Å². The minimum absolute atomic E-state index is 0.0510. The maximum atomic E-state index is 13.8. The molecule has 0 spiro atoms. The van der Waals surface area contributed by atoms with E-state index in [1.807, 2.05) is 19.1 Å². The van der Waals surface area contributed by atoms with Gasteiger partial charge in [-0.25, -0.2) is 17.2 Å². The van der Waals surface area contributed by atoms with Gasteiger partial charge in [-0.2, -0.15) is 0 Å². The van der Waals surface area contributed by atoms with E-state index in [2.05, 4.69) is 0 Å². The number of fused-ring (bicyclic) bond motifs is 1. The van der Waals surface area contributed by atoms with Gasteiger partial charge in [-0.05, 0) is 96.5 Å². The van der Waals surface area contributed by atoms with E-state index in [4.69, 9.17) is 5.73 Å². The van der Waals surface area contributed by atoms with Crippen LogP contribution in [0.3, 0.4) is 0 Å². The first kappa shape index (κ1) is 18.6. The molecule has 1 saturated carbocycles. The summed E-state index contributed by atoms with van der Waals surface area (Å²) in [6, 6.07) is 7.09. The molecule has 0 amide bonds. The summed E-state index contributed by atoms with van der Waals surface area (Å²) in [4.78, 5) is 0.0931. The zero-order valence-electron chi connectivity index (χ0n) is 15.2. The molecule has 1 fully saturated rings. The molecule has 2 aliphatic carbocycles. The van der Waals surface area contributed by atoms with Crippen LogP contribution in [0.25, 0.3) is 0 Å². The predicted molar refractivity (Wildman–Crippen MR) is 101 cm³/mol. The molecule has 2 aromatic rings. The number of benzene rings is 2. The van der Waals surface area contributed by atoms with Crippen LogP contribution in [0.4, 0.5) is 8.78 Å². The van der Waals surface area contributed by atoms with Crippen LogP contribution < -0.4 is 5.73 Å². The van der Waals surface area contributed by atoms with Crippen molar-refractivity contribution in [1.82, 2.24) is 0 Å². The van der Waals surface area contributed by atoms with Crippen LogP contribution >= 0.6 is 0 Å². The van der Waals surface area contributed by atoms with Gasteiger partial charge in [-0.3, -0.25) is 0 Å². The molecule has 0 bridgehead atoms. The first-order valence-corrected chi connectivity index (χ1v) is 10.9. The van der Waals surface area contributed by atoms with Crippen LogP contribution in [0.5, 0.6) is 0 Å². The van der Waals surface area contributed by atoms with E-state index < -0.39 is 15.8 Å². The Kier molecular flexibility index (Phi) is 4.59. The van der Waals surface area contributed by atoms with E-state index in [0.29, 0.717) is 12.1 Å². The number of aryl methyl sites for hydroxylation is 1. The van der Waals surface area contributed by atoms with E-state index in [9.17, 15) is 17.2 Å². The normalized spacial score (nSPS) is 24.1. The number of nitrogens with two attached hydrogens (primary N) is 1. The summed E-state index contributed by atoms with van der Waals surface area (Å²) >= 11 is 0. The molecule has 0 saturated heterocycles. The Bertz CT molecular complexity index is 983. The van der Waals surface area contributed by atoms with Crippen molar-refractivity contribution in [3.05, 3.63) is 64.0 Å². The second kappa shape index (κ2) is 6.67. The zero-order valence-corrected chi connectivity index (χ0v) is 16.0. The fourth-order valence-electron chi connectivity index (χ4n) is 4.65. The molecule has 2 aliphatic rings. The Hall–Kier alpha value is -1.79. The van der Waals surface area contributed by atoms with Crippen molar-refractivity contribution in [1.29, 1.82) is 0 Å². The Balaban J connectivity index is 1.75. The first-order chi connectivity index (χ1) is 12.9. The van der Waals surface area contributed by atoms with Crippen molar-refractivity contribution in [3.63, 3.8) is 0 Å². The van der Waals surface area contributed by atoms with Crippen LogP contribution in [0.2, 0.25) is 0 Å². The standard InChI is InChI=1S/C21H23F2NO2S/c1-12-6-14(8-15(23)7-12)18-9-19(18)16-4-5-20(27(25,26)11-22)21-13(10-24)2-3-17(16)21/h4-8,13,18-19H,2-3,9-11,24H2,1H3. The first-order valence-electron chi connectivity index (χ1n) is 9.27. The van der Waals surface area contributed by atoms with Gasteiger partial charge in [0.15, 0.2) is 6.01 Å². The molecule has 2 N–H and O–H groups in total. The Morgan fingerprint density at radius 3 is 2.63 bits per heavy atom. The highest BCUT2D eigenvalue weighted by Gasteiger charge is 2.43. The molecule has 3 atom stereocenters. The van der Waals surface area contributed by atoms with Crippen molar-refractivity contribution in [2.75, 3.05) is 12.6 Å². The highest BCUT2D eigenvalue weighted by Crippen LogP contribution is 2.57. The summed E-state index contributed by atoms with van der Waals surface area (Å²) in [5, 5.41) is 0. The minimum Gasteiger partial charge on any atom is -0.330 e. The summed E-state index contributed by atoms with van der Waals surface area (Å²) in [5.74, 6) is 0.209. The molecular weight excluding hydrogens is 368 g/mol. The van der Waals surface area contributed by atoms with E-state index >= 15 is 0 Å². The van der Waals surface area contributed by atoms with Gasteiger partial charge in [0, 0.05) is 0 Å². The molecule has 3 nitrogen and oxygen atoms in total. The Labute approximate surface area is 158 Å². The summed E-state index contributed by atoms with van der Waals surface area (Å²) in [6.07, 6.45) is 2.46. The summed E-state index contributed by atoms with van der Waals surface area (Å²) in [7, 11) is -3.94. The number of rotatable bonds is 5. The molecule has 0 heterocycles. The monoisotopic (exact) mass is 391 g/mol. The molecule has 2 aromatic carbocycles. The summed E-state index contributed by atoms with van der Waals surface area (Å²) in [6.45, 7) is 2.23. The number of halogens is 2. The zero-order chi connectivity index (χ0) is 19.3. The maximum Gasteiger partial charge on any atom is 0.207 e. The van der Waals surface area contributed by atoms with Crippen molar-refractivity contribution >= 4 is 9.84 Å². The number of hydrogen-bond acceptors (Lipinski definition) is 3. The quantitative estimate of drug-likeness (QED) is 0.835. The van der Waals surface area contributed by atoms with Gasteiger partial charge >= 0.3 is 0 Å². The third kappa shape index (κ3) is 3.19. The van der Waals surface area contributed by atoms with Crippen molar-refractivity contribution in [2.45, 2.75) is 48.8 Å². The van der Waals surface area contributed by atoms with E-state index in [-0.39, 0.29) is 28.5 Å². The van der Waals surface area contributed by atoms with Gasteiger partial charge in [-0.1, -0.05) is 12.1 Å². The molecule has 0 aliphatic heterocycles. The number of alkyl halides is 1. The van der Waals surface area contributed by atoms with E-state index in [1.54, 1.807) is 12.1 Å². The Morgan fingerprint density at radius 2 is 1.96 bits per heavy atom. The average Bonchev–Trinajstić information content (AvgIpc) is 3.31. The fourth-order valence-corrected chi connectivity index (χ4v) is 5.67. The van der Waals surface area contributed by atoms with Gasteiger partial charge in [0.25, 0.3) is 0 Å². The van der Waals surface area contributed by atoms with Gasteiger partial charge in [0.1, 0.15) is 5.82 Å². The second-order valence-electron chi connectivity index (χ2n) is 7.75. The lowest BCUT2D eigenvalue weighted by Crippen LogP contribution is -2.14. The Morgan fingerprint density at radius 1 is 1.19 bits per heavy atom. The average molecular weight is 391 g/mol. The van der Waals surface area contributed by atoms with E-state index in [0.717, 1.165) is 41.5 Å². The van der Waals surface area contributed by atoms with Crippen LogP contribution in [-0.4, -0.2) is 21.0 Å². The maximum absolute atomic E-state index is 13.8. The number of sulfone groups is 1. The van der Waals surface area contributed by atoms with Crippen LogP contribution in [0.1, 0.15) is 58.4 Å². The van der Waals surface area contributed by atoms with Gasteiger partial charge in [-0.15, -0.1) is 0 Å². The third-order valence-corrected chi connectivity index (χ3v) is 7.26. The molecule has 27 heavy (non-hydrogen) atoms. The molecule has 4 rings (SSSR count). The summed E-state index contributed by atoms with van der Waals surface area (Å²) in [5.41, 5.74) is 10.6. The fraction of sp³-hybridized carbons (Fsp3) is 0.429.